The van der Waals surface area contributed by atoms with E-state index in [-0.39, 0.29) is 17.8 Å². The average molecular weight is 277 g/mol. The molecule has 108 valence electrons. The summed E-state index contributed by atoms with van der Waals surface area (Å²) in [5, 5.41) is 12.7. The number of sulfone groups is 1. The Kier molecular flexibility index (Phi) is 5.21. The highest BCUT2D eigenvalue weighted by Gasteiger charge is 2.33. The first-order chi connectivity index (χ1) is 8.22. The molecule has 4 nitrogen and oxygen atoms in total. The minimum atomic E-state index is -3.05. The van der Waals surface area contributed by atoms with Crippen molar-refractivity contribution in [3.63, 3.8) is 0 Å². The molecule has 0 aromatic carbocycles. The maximum absolute atomic E-state index is 11.9. The van der Waals surface area contributed by atoms with Crippen molar-refractivity contribution in [2.24, 2.45) is 5.41 Å². The second-order valence-electron chi connectivity index (χ2n) is 6.47. The molecule has 1 rings (SSSR count). The second kappa shape index (κ2) is 5.88. The van der Waals surface area contributed by atoms with E-state index in [2.05, 4.69) is 5.32 Å². The van der Waals surface area contributed by atoms with Crippen molar-refractivity contribution in [2.45, 2.75) is 51.2 Å². The number of aliphatic hydroxyl groups is 1. The molecule has 1 saturated carbocycles. The molecule has 0 bridgehead atoms. The molecule has 1 fully saturated rings. The Morgan fingerprint density at radius 1 is 1.22 bits per heavy atom. The number of hydrogen-bond acceptors (Lipinski definition) is 4. The second-order valence-corrected chi connectivity index (χ2v) is 9.34. The van der Waals surface area contributed by atoms with Gasteiger partial charge in [-0.15, -0.1) is 0 Å². The van der Waals surface area contributed by atoms with Crippen LogP contribution in [0.5, 0.6) is 0 Å². The molecule has 0 atom stereocenters. The van der Waals surface area contributed by atoms with E-state index in [0.717, 1.165) is 19.4 Å². The fourth-order valence-electron chi connectivity index (χ4n) is 2.38. The number of nitrogens with one attached hydrogen (secondary N) is 1. The molecule has 1 aliphatic carbocycles. The largest absolute Gasteiger partial charge is 0.396 e. The molecule has 0 radical (unpaired) electrons. The van der Waals surface area contributed by atoms with Crippen molar-refractivity contribution in [1.82, 2.24) is 5.32 Å². The minimum Gasteiger partial charge on any atom is -0.396 e. The molecule has 0 heterocycles. The zero-order valence-corrected chi connectivity index (χ0v) is 12.6. The van der Waals surface area contributed by atoms with E-state index in [0.29, 0.717) is 6.54 Å². The minimum absolute atomic E-state index is 0.00844. The third kappa shape index (κ3) is 3.93. The molecule has 5 heteroatoms. The van der Waals surface area contributed by atoms with Gasteiger partial charge in [-0.3, -0.25) is 0 Å². The van der Waals surface area contributed by atoms with Crippen LogP contribution in [0, 0.1) is 5.41 Å². The Morgan fingerprint density at radius 2 is 1.78 bits per heavy atom. The lowest BCUT2D eigenvalue weighted by atomic mass is 9.87. The van der Waals surface area contributed by atoms with Gasteiger partial charge in [-0.25, -0.2) is 8.42 Å². The molecule has 0 unspecified atom stereocenters. The summed E-state index contributed by atoms with van der Waals surface area (Å²) in [6.45, 7) is 6.59. The number of aliphatic hydroxyl groups excluding tert-OH is 1. The van der Waals surface area contributed by atoms with Crippen LogP contribution in [-0.4, -0.2) is 43.7 Å². The summed E-state index contributed by atoms with van der Waals surface area (Å²) in [4.78, 5) is 0. The highest BCUT2D eigenvalue weighted by molar-refractivity contribution is 7.92. The van der Waals surface area contributed by atoms with Gasteiger partial charge in [0.1, 0.15) is 0 Å². The molecular weight excluding hydrogens is 250 g/mol. The smallest absolute Gasteiger partial charge is 0.156 e. The van der Waals surface area contributed by atoms with E-state index in [1.165, 1.54) is 12.8 Å². The van der Waals surface area contributed by atoms with Gasteiger partial charge >= 0.3 is 0 Å². The molecule has 0 saturated heterocycles. The fourth-order valence-corrected chi connectivity index (χ4v) is 3.41. The van der Waals surface area contributed by atoms with Crippen LogP contribution in [-0.2, 0) is 9.84 Å². The molecule has 0 amide bonds. The Labute approximate surface area is 111 Å². The van der Waals surface area contributed by atoms with Crippen molar-refractivity contribution in [2.75, 3.05) is 25.4 Å². The highest BCUT2D eigenvalue weighted by atomic mass is 32.2. The van der Waals surface area contributed by atoms with E-state index in [4.69, 9.17) is 0 Å². The topological polar surface area (TPSA) is 66.4 Å². The van der Waals surface area contributed by atoms with Crippen molar-refractivity contribution in [3.05, 3.63) is 0 Å². The van der Waals surface area contributed by atoms with Crippen LogP contribution in [0.15, 0.2) is 0 Å². The van der Waals surface area contributed by atoms with Gasteiger partial charge in [-0.1, -0.05) is 12.8 Å². The molecule has 18 heavy (non-hydrogen) atoms. The lowest BCUT2D eigenvalue weighted by Crippen LogP contribution is -2.39. The Morgan fingerprint density at radius 3 is 2.22 bits per heavy atom. The SMILES string of the molecule is CC(C)(C)S(=O)(=O)CCNCC1(CO)CCCC1. The van der Waals surface area contributed by atoms with E-state index >= 15 is 0 Å². The monoisotopic (exact) mass is 277 g/mol. The average Bonchev–Trinajstić information content (AvgIpc) is 2.72. The van der Waals surface area contributed by atoms with Crippen LogP contribution in [0.4, 0.5) is 0 Å². The molecule has 2 N–H and O–H groups in total. The molecule has 0 aromatic rings. The molecule has 0 aliphatic heterocycles. The Bertz CT molecular complexity index is 351. The standard InChI is InChI=1S/C13H27NO3S/c1-12(2,3)18(16,17)9-8-14-10-13(11-15)6-4-5-7-13/h14-15H,4-11H2,1-3H3. The van der Waals surface area contributed by atoms with Gasteiger partial charge in [0.2, 0.25) is 0 Å². The van der Waals surface area contributed by atoms with Crippen LogP contribution in [0.3, 0.4) is 0 Å². The Hall–Kier alpha value is -0.130. The quantitative estimate of drug-likeness (QED) is 0.719. The van der Waals surface area contributed by atoms with Crippen molar-refractivity contribution in [3.8, 4) is 0 Å². The lowest BCUT2D eigenvalue weighted by molar-refractivity contribution is 0.129. The van der Waals surface area contributed by atoms with Gasteiger partial charge in [0.15, 0.2) is 9.84 Å². The first-order valence-corrected chi connectivity index (χ1v) is 8.42. The van der Waals surface area contributed by atoms with Gasteiger partial charge in [-0.05, 0) is 33.6 Å². The maximum atomic E-state index is 11.9. The first kappa shape index (κ1) is 15.9. The van der Waals surface area contributed by atoms with Gasteiger partial charge in [-0.2, -0.15) is 0 Å². The van der Waals surface area contributed by atoms with Crippen LogP contribution < -0.4 is 5.32 Å². The van der Waals surface area contributed by atoms with Crippen molar-refractivity contribution in [1.29, 1.82) is 0 Å². The van der Waals surface area contributed by atoms with Gasteiger partial charge in [0.05, 0.1) is 10.5 Å². The van der Waals surface area contributed by atoms with E-state index in [1.54, 1.807) is 20.8 Å². The molecule has 0 aromatic heterocycles. The lowest BCUT2D eigenvalue weighted by Gasteiger charge is -2.27. The van der Waals surface area contributed by atoms with Crippen LogP contribution >= 0.6 is 0 Å². The summed E-state index contributed by atoms with van der Waals surface area (Å²) in [6.07, 6.45) is 4.43. The van der Waals surface area contributed by atoms with Crippen LogP contribution in [0.2, 0.25) is 0 Å². The van der Waals surface area contributed by atoms with Gasteiger partial charge in [0.25, 0.3) is 0 Å². The van der Waals surface area contributed by atoms with E-state index in [9.17, 15) is 13.5 Å². The summed E-state index contributed by atoms with van der Waals surface area (Å²) in [6, 6.07) is 0. The van der Waals surface area contributed by atoms with Gasteiger partial charge < -0.3 is 10.4 Å². The summed E-state index contributed by atoms with van der Waals surface area (Å²) >= 11 is 0. The summed E-state index contributed by atoms with van der Waals surface area (Å²) in [5.74, 6) is 0.165. The molecular formula is C13H27NO3S. The third-order valence-electron chi connectivity index (χ3n) is 3.98. The van der Waals surface area contributed by atoms with Crippen molar-refractivity contribution < 1.29 is 13.5 Å². The first-order valence-electron chi connectivity index (χ1n) is 6.76. The van der Waals surface area contributed by atoms with Gasteiger partial charge in [0, 0.05) is 25.1 Å². The van der Waals surface area contributed by atoms with Crippen LogP contribution in [0.25, 0.3) is 0 Å². The predicted octanol–water partition coefficient (Wildman–Crippen LogP) is 1.34. The summed E-state index contributed by atoms with van der Waals surface area (Å²) in [5.41, 5.74) is -0.00844. The molecule has 0 spiro atoms. The third-order valence-corrected chi connectivity index (χ3v) is 6.59. The van der Waals surface area contributed by atoms with Crippen molar-refractivity contribution >= 4 is 9.84 Å². The summed E-state index contributed by atoms with van der Waals surface area (Å²) in [7, 11) is -3.05. The van der Waals surface area contributed by atoms with E-state index in [1.807, 2.05) is 0 Å². The normalized spacial score (nSPS) is 20.2. The van der Waals surface area contributed by atoms with Crippen LogP contribution in [0.1, 0.15) is 46.5 Å². The highest BCUT2D eigenvalue weighted by Crippen LogP contribution is 2.36. The summed E-state index contributed by atoms with van der Waals surface area (Å²) < 4.78 is 23.1. The number of rotatable bonds is 6. The Balaban J connectivity index is 2.35. The maximum Gasteiger partial charge on any atom is 0.156 e. The zero-order chi connectivity index (χ0) is 13.9. The number of hydrogen-bond donors (Lipinski definition) is 2. The fraction of sp³-hybridized carbons (Fsp3) is 1.00. The van der Waals surface area contributed by atoms with E-state index < -0.39 is 14.6 Å². The molecule has 1 aliphatic rings. The predicted molar refractivity (Wildman–Crippen MR) is 74.4 cm³/mol. The zero-order valence-electron chi connectivity index (χ0n) is 11.8.